The molecule has 8 heteroatoms. The van der Waals surface area contributed by atoms with Crippen LogP contribution >= 0.6 is 0 Å². The molecule has 0 N–H and O–H groups in total. The topological polar surface area (TPSA) is 79.5 Å². The predicted molar refractivity (Wildman–Crippen MR) is 90.8 cm³/mol. The maximum atomic E-state index is 11.9. The summed E-state index contributed by atoms with van der Waals surface area (Å²) in [4.78, 5) is 6.57. The zero-order valence-corrected chi connectivity index (χ0v) is 14.8. The average molecular weight is 350 g/mol. The van der Waals surface area contributed by atoms with Crippen LogP contribution in [0.1, 0.15) is 18.4 Å². The lowest BCUT2D eigenvalue weighted by Gasteiger charge is -2.32. The van der Waals surface area contributed by atoms with Crippen LogP contribution in [0, 0.1) is 6.92 Å². The van der Waals surface area contributed by atoms with Gasteiger partial charge in [-0.15, -0.1) is 0 Å². The first kappa shape index (κ1) is 17.1. The summed E-state index contributed by atoms with van der Waals surface area (Å²) in [7, 11) is -3.10. The lowest BCUT2D eigenvalue weighted by molar-refractivity contribution is 0.163. The second-order valence-corrected chi connectivity index (χ2v) is 8.21. The third-order valence-electron chi connectivity index (χ3n) is 4.23. The van der Waals surface area contributed by atoms with Crippen molar-refractivity contribution in [2.75, 3.05) is 31.9 Å². The Kier molecular flexibility index (Phi) is 4.98. The number of aryl methyl sites for hydroxylation is 1. The van der Waals surface area contributed by atoms with Crippen LogP contribution < -0.4 is 0 Å². The number of rotatable bonds is 5. The van der Waals surface area contributed by atoms with Gasteiger partial charge in [-0.3, -0.25) is 4.90 Å². The van der Waals surface area contributed by atoms with Gasteiger partial charge in [0.05, 0.1) is 12.3 Å². The summed E-state index contributed by atoms with van der Waals surface area (Å²) in [6.07, 6.45) is 0. The maximum absolute atomic E-state index is 11.9. The molecule has 24 heavy (non-hydrogen) atoms. The SMILES string of the molecule is CCS(=O)(=O)N1CCN(Cc2nc(-c3ccc(C)cc3)no2)CC1. The van der Waals surface area contributed by atoms with Gasteiger partial charge >= 0.3 is 0 Å². The third kappa shape index (κ3) is 3.82. The maximum Gasteiger partial charge on any atom is 0.241 e. The van der Waals surface area contributed by atoms with Crippen LogP contribution in [0.3, 0.4) is 0 Å². The minimum absolute atomic E-state index is 0.149. The zero-order chi connectivity index (χ0) is 17.2. The first-order valence-electron chi connectivity index (χ1n) is 8.08. The molecule has 2 heterocycles. The number of aromatic nitrogens is 2. The second-order valence-electron chi connectivity index (χ2n) is 5.95. The highest BCUT2D eigenvalue weighted by atomic mass is 32.2. The van der Waals surface area contributed by atoms with Crippen molar-refractivity contribution < 1.29 is 12.9 Å². The van der Waals surface area contributed by atoms with E-state index in [9.17, 15) is 8.42 Å². The summed E-state index contributed by atoms with van der Waals surface area (Å²) in [5, 5.41) is 4.03. The molecule has 1 aromatic heterocycles. The second kappa shape index (κ2) is 7.00. The molecule has 0 amide bonds. The molecule has 0 atom stereocenters. The summed E-state index contributed by atoms with van der Waals surface area (Å²) in [6.45, 7) is 6.60. The van der Waals surface area contributed by atoms with Gasteiger partial charge in [0.1, 0.15) is 0 Å². The fourth-order valence-electron chi connectivity index (χ4n) is 2.68. The summed E-state index contributed by atoms with van der Waals surface area (Å²) in [5.74, 6) is 1.28. The number of piperazine rings is 1. The van der Waals surface area contributed by atoms with Crippen LogP contribution in [-0.4, -0.2) is 59.7 Å². The van der Waals surface area contributed by atoms with Crippen molar-refractivity contribution in [3.8, 4) is 11.4 Å². The minimum Gasteiger partial charge on any atom is -0.338 e. The Morgan fingerprint density at radius 3 is 2.42 bits per heavy atom. The summed E-state index contributed by atoms with van der Waals surface area (Å²) in [6, 6.07) is 7.97. The molecule has 0 bridgehead atoms. The van der Waals surface area contributed by atoms with E-state index in [-0.39, 0.29) is 5.75 Å². The van der Waals surface area contributed by atoms with Crippen molar-refractivity contribution in [1.29, 1.82) is 0 Å². The molecule has 3 rings (SSSR count). The standard InChI is InChI=1S/C16H22N4O3S/c1-3-24(21,22)20-10-8-19(9-11-20)12-15-17-16(18-23-15)14-6-4-13(2)5-7-14/h4-7H,3,8-12H2,1-2H3. The fourth-order valence-corrected chi connectivity index (χ4v) is 3.76. The van der Waals surface area contributed by atoms with Crippen molar-refractivity contribution >= 4 is 10.0 Å². The van der Waals surface area contributed by atoms with Crippen molar-refractivity contribution in [2.45, 2.75) is 20.4 Å². The average Bonchev–Trinajstić information content (AvgIpc) is 3.04. The van der Waals surface area contributed by atoms with Gasteiger partial charge in [-0.1, -0.05) is 35.0 Å². The molecule has 130 valence electrons. The van der Waals surface area contributed by atoms with E-state index in [1.807, 2.05) is 31.2 Å². The quantitative estimate of drug-likeness (QED) is 0.813. The molecule has 0 radical (unpaired) electrons. The normalized spacial score (nSPS) is 17.2. The van der Waals surface area contributed by atoms with Gasteiger partial charge in [0, 0.05) is 31.7 Å². The molecular formula is C16H22N4O3S. The Hall–Kier alpha value is -1.77. The van der Waals surface area contributed by atoms with E-state index in [2.05, 4.69) is 15.0 Å². The molecule has 7 nitrogen and oxygen atoms in total. The number of nitrogens with zero attached hydrogens (tertiary/aromatic N) is 4. The van der Waals surface area contributed by atoms with E-state index < -0.39 is 10.0 Å². The van der Waals surface area contributed by atoms with Crippen molar-refractivity contribution in [2.24, 2.45) is 0 Å². The van der Waals surface area contributed by atoms with Crippen LogP contribution in [0.2, 0.25) is 0 Å². The Morgan fingerprint density at radius 1 is 1.12 bits per heavy atom. The van der Waals surface area contributed by atoms with Crippen LogP contribution in [-0.2, 0) is 16.6 Å². The first-order chi connectivity index (χ1) is 11.5. The van der Waals surface area contributed by atoms with E-state index >= 15 is 0 Å². The first-order valence-corrected chi connectivity index (χ1v) is 9.68. The van der Waals surface area contributed by atoms with Gasteiger partial charge in [0.15, 0.2) is 0 Å². The van der Waals surface area contributed by atoms with E-state index in [0.717, 1.165) is 5.56 Å². The molecule has 0 saturated carbocycles. The summed E-state index contributed by atoms with van der Waals surface area (Å²) < 4.78 is 30.6. The highest BCUT2D eigenvalue weighted by molar-refractivity contribution is 7.89. The highest BCUT2D eigenvalue weighted by Crippen LogP contribution is 2.17. The Labute approximate surface area is 142 Å². The van der Waals surface area contributed by atoms with Gasteiger partial charge in [-0.05, 0) is 13.8 Å². The van der Waals surface area contributed by atoms with Gasteiger partial charge in [0.2, 0.25) is 21.7 Å². The zero-order valence-electron chi connectivity index (χ0n) is 14.0. The molecule has 1 aliphatic rings. The number of benzene rings is 1. The van der Waals surface area contributed by atoms with Gasteiger partial charge in [0.25, 0.3) is 0 Å². The minimum atomic E-state index is -3.10. The van der Waals surface area contributed by atoms with Gasteiger partial charge < -0.3 is 4.52 Å². The monoisotopic (exact) mass is 350 g/mol. The molecule has 1 aromatic carbocycles. The van der Waals surface area contributed by atoms with Crippen molar-refractivity contribution in [1.82, 2.24) is 19.3 Å². The molecular weight excluding hydrogens is 328 g/mol. The smallest absolute Gasteiger partial charge is 0.241 e. The lowest BCUT2D eigenvalue weighted by atomic mass is 10.1. The molecule has 0 aliphatic carbocycles. The van der Waals surface area contributed by atoms with Crippen LogP contribution in [0.5, 0.6) is 0 Å². The Bertz CT molecular complexity index is 778. The molecule has 1 fully saturated rings. The molecule has 1 saturated heterocycles. The fraction of sp³-hybridized carbons (Fsp3) is 0.500. The van der Waals surface area contributed by atoms with Crippen molar-refractivity contribution in [3.63, 3.8) is 0 Å². The van der Waals surface area contributed by atoms with Crippen molar-refractivity contribution in [3.05, 3.63) is 35.7 Å². The molecule has 2 aromatic rings. The highest BCUT2D eigenvalue weighted by Gasteiger charge is 2.26. The van der Waals surface area contributed by atoms with Gasteiger partial charge in [-0.25, -0.2) is 8.42 Å². The van der Waals surface area contributed by atoms with E-state index in [4.69, 9.17) is 4.52 Å². The predicted octanol–water partition coefficient (Wildman–Crippen LogP) is 1.51. The Balaban J connectivity index is 1.59. The van der Waals surface area contributed by atoms with Gasteiger partial charge in [-0.2, -0.15) is 9.29 Å². The molecule has 0 unspecified atom stereocenters. The molecule has 0 spiro atoms. The lowest BCUT2D eigenvalue weighted by Crippen LogP contribution is -2.48. The number of hydrogen-bond acceptors (Lipinski definition) is 6. The number of hydrogen-bond donors (Lipinski definition) is 0. The summed E-state index contributed by atoms with van der Waals surface area (Å²) in [5.41, 5.74) is 2.11. The largest absolute Gasteiger partial charge is 0.338 e. The molecule has 1 aliphatic heterocycles. The van der Waals surface area contributed by atoms with E-state index in [1.54, 1.807) is 11.2 Å². The van der Waals surface area contributed by atoms with Crippen LogP contribution in [0.25, 0.3) is 11.4 Å². The number of sulfonamides is 1. The Morgan fingerprint density at radius 2 is 1.79 bits per heavy atom. The van der Waals surface area contributed by atoms with E-state index in [1.165, 1.54) is 5.56 Å². The van der Waals surface area contributed by atoms with Crippen LogP contribution in [0.4, 0.5) is 0 Å². The van der Waals surface area contributed by atoms with E-state index in [0.29, 0.717) is 44.4 Å². The van der Waals surface area contributed by atoms with Crippen LogP contribution in [0.15, 0.2) is 28.8 Å². The third-order valence-corrected chi connectivity index (χ3v) is 6.11. The summed E-state index contributed by atoms with van der Waals surface area (Å²) >= 11 is 0.